The van der Waals surface area contributed by atoms with Crippen LogP contribution in [-0.2, 0) is 22.0 Å². The van der Waals surface area contributed by atoms with Gasteiger partial charge >= 0.3 is 0 Å². The van der Waals surface area contributed by atoms with Crippen LogP contribution in [0.2, 0.25) is 0 Å². The van der Waals surface area contributed by atoms with Gasteiger partial charge in [-0.25, -0.2) is 17.8 Å². The molecule has 1 aliphatic heterocycles. The van der Waals surface area contributed by atoms with E-state index in [0.717, 1.165) is 39.0 Å². The fourth-order valence-corrected chi connectivity index (χ4v) is 5.06. The summed E-state index contributed by atoms with van der Waals surface area (Å²) in [5, 5.41) is 15.1. The third-order valence-electron chi connectivity index (χ3n) is 6.50. The van der Waals surface area contributed by atoms with E-state index >= 15 is 0 Å². The Kier molecular flexibility index (Phi) is 7.15. The molecule has 0 radical (unpaired) electrons. The van der Waals surface area contributed by atoms with Gasteiger partial charge in [-0.15, -0.1) is 0 Å². The molecule has 1 aliphatic rings. The minimum atomic E-state index is -2.97. The first-order chi connectivity index (χ1) is 18.2. The van der Waals surface area contributed by atoms with Gasteiger partial charge in [0.15, 0.2) is 5.66 Å². The van der Waals surface area contributed by atoms with Gasteiger partial charge in [0.1, 0.15) is 15.7 Å². The van der Waals surface area contributed by atoms with Crippen molar-refractivity contribution in [1.29, 1.82) is 0 Å². The Labute approximate surface area is 220 Å². The highest BCUT2D eigenvalue weighted by Crippen LogP contribution is 2.38. The number of fused-ring (bicyclic) bond motifs is 2. The zero-order valence-corrected chi connectivity index (χ0v) is 21.8. The number of sulfone groups is 1. The van der Waals surface area contributed by atoms with E-state index in [9.17, 15) is 12.8 Å². The lowest BCUT2D eigenvalue weighted by molar-refractivity contribution is 0.572. The molecule has 2 heterocycles. The summed E-state index contributed by atoms with van der Waals surface area (Å²) in [6.07, 6.45) is 4.62. The molecule has 1 atom stereocenters. The van der Waals surface area contributed by atoms with Gasteiger partial charge in [0.2, 0.25) is 0 Å². The minimum absolute atomic E-state index is 0.118. The SMILES string of the molecule is CS(=O)(=O)CCNCCNc1ccc2c(c1)NC=NC2(N)c1ccc2c(cnn2Cc2cccc(F)c2)c1. The molecule has 3 aromatic carbocycles. The van der Waals surface area contributed by atoms with E-state index in [-0.39, 0.29) is 11.6 Å². The second-order valence-corrected chi connectivity index (χ2v) is 11.7. The van der Waals surface area contributed by atoms with Crippen LogP contribution < -0.4 is 21.7 Å². The van der Waals surface area contributed by atoms with Crippen LogP contribution in [0.4, 0.5) is 15.8 Å². The van der Waals surface area contributed by atoms with E-state index in [2.05, 4.69) is 26.0 Å². The monoisotopic (exact) mass is 535 g/mol. The normalized spacial score (nSPS) is 16.8. The first kappa shape index (κ1) is 25.8. The highest BCUT2D eigenvalue weighted by Gasteiger charge is 2.33. The summed E-state index contributed by atoms with van der Waals surface area (Å²) in [4.78, 5) is 4.60. The Morgan fingerprint density at radius 2 is 1.95 bits per heavy atom. The average Bonchev–Trinajstić information content (AvgIpc) is 3.27. The summed E-state index contributed by atoms with van der Waals surface area (Å²) in [6.45, 7) is 2.16. The standard InChI is InChI=1S/C27H30FN7O2S/c1-38(36,37)12-11-30-9-10-31-23-6-7-24-25(15-23)32-18-33-27(24,29)21-5-8-26-20(14-21)16-34-35(26)17-19-3-2-4-22(28)13-19/h2-8,13-16,18,30-31H,9-12,17,29H2,1H3,(H,32,33). The second kappa shape index (κ2) is 10.5. The largest absolute Gasteiger partial charge is 0.384 e. The molecule has 5 N–H and O–H groups in total. The molecule has 0 saturated heterocycles. The number of aliphatic imine (C=N–C) groups is 1. The summed E-state index contributed by atoms with van der Waals surface area (Å²) in [5.74, 6) is -0.152. The van der Waals surface area contributed by atoms with Crippen molar-refractivity contribution in [3.05, 3.63) is 89.4 Å². The van der Waals surface area contributed by atoms with E-state index in [0.29, 0.717) is 26.2 Å². The number of nitrogens with two attached hydrogens (primary N) is 1. The van der Waals surface area contributed by atoms with E-state index in [1.807, 2.05) is 47.1 Å². The molecule has 1 unspecified atom stereocenters. The number of aromatic nitrogens is 2. The van der Waals surface area contributed by atoms with E-state index in [1.165, 1.54) is 18.4 Å². The number of nitrogens with one attached hydrogen (secondary N) is 3. The predicted molar refractivity (Wildman–Crippen MR) is 150 cm³/mol. The lowest BCUT2D eigenvalue weighted by atomic mass is 9.89. The average molecular weight is 536 g/mol. The van der Waals surface area contributed by atoms with E-state index in [4.69, 9.17) is 5.73 Å². The number of anilines is 2. The van der Waals surface area contributed by atoms with Crippen molar-refractivity contribution in [2.24, 2.45) is 10.7 Å². The van der Waals surface area contributed by atoms with Gasteiger partial charge in [-0.2, -0.15) is 5.10 Å². The van der Waals surface area contributed by atoms with Crippen LogP contribution in [0.3, 0.4) is 0 Å². The number of benzene rings is 3. The quantitative estimate of drug-likeness (QED) is 0.230. The van der Waals surface area contributed by atoms with Crippen LogP contribution in [-0.4, -0.2) is 56.2 Å². The molecule has 0 fully saturated rings. The summed E-state index contributed by atoms with van der Waals surface area (Å²) >= 11 is 0. The number of hydrogen-bond acceptors (Lipinski definition) is 8. The fraction of sp³-hybridized carbons (Fsp3) is 0.259. The molecule has 0 aliphatic carbocycles. The van der Waals surface area contributed by atoms with Crippen LogP contribution in [0.15, 0.2) is 71.9 Å². The van der Waals surface area contributed by atoms with E-state index < -0.39 is 15.5 Å². The van der Waals surface area contributed by atoms with Crippen molar-refractivity contribution >= 4 is 38.5 Å². The topological polar surface area (TPSA) is 126 Å². The molecule has 5 rings (SSSR count). The molecule has 0 saturated carbocycles. The predicted octanol–water partition coefficient (Wildman–Crippen LogP) is 2.88. The molecule has 1 aromatic heterocycles. The maximum absolute atomic E-state index is 13.6. The maximum Gasteiger partial charge on any atom is 0.163 e. The Bertz CT molecular complexity index is 1600. The van der Waals surface area contributed by atoms with Gasteiger partial charge in [0, 0.05) is 48.2 Å². The van der Waals surface area contributed by atoms with Crippen LogP contribution in [0.25, 0.3) is 10.9 Å². The smallest absolute Gasteiger partial charge is 0.163 e. The molecule has 11 heteroatoms. The molecule has 0 spiro atoms. The molecule has 0 bridgehead atoms. The Morgan fingerprint density at radius 1 is 1.08 bits per heavy atom. The molecule has 0 amide bonds. The molecule has 38 heavy (non-hydrogen) atoms. The van der Waals surface area contributed by atoms with Crippen LogP contribution in [0.5, 0.6) is 0 Å². The highest BCUT2D eigenvalue weighted by atomic mass is 32.2. The number of halogens is 1. The van der Waals surface area contributed by atoms with Gasteiger partial charge in [-0.3, -0.25) is 10.4 Å². The van der Waals surface area contributed by atoms with Crippen molar-refractivity contribution in [3.63, 3.8) is 0 Å². The zero-order chi connectivity index (χ0) is 26.8. The Morgan fingerprint density at radius 3 is 2.76 bits per heavy atom. The first-order valence-electron chi connectivity index (χ1n) is 12.3. The van der Waals surface area contributed by atoms with Gasteiger partial charge in [0.05, 0.1) is 30.3 Å². The van der Waals surface area contributed by atoms with Crippen LogP contribution in [0, 0.1) is 5.82 Å². The number of nitrogens with zero attached hydrogens (tertiary/aromatic N) is 3. The first-order valence-corrected chi connectivity index (χ1v) is 14.3. The summed E-state index contributed by atoms with van der Waals surface area (Å²) in [6, 6.07) is 18.3. The molecular weight excluding hydrogens is 505 g/mol. The van der Waals surface area contributed by atoms with E-state index in [1.54, 1.807) is 18.6 Å². The molecule has 4 aromatic rings. The summed E-state index contributed by atoms with van der Waals surface area (Å²) in [5.41, 5.74) is 11.0. The third kappa shape index (κ3) is 5.69. The summed E-state index contributed by atoms with van der Waals surface area (Å²) < 4.78 is 37.9. The third-order valence-corrected chi connectivity index (χ3v) is 7.45. The number of hydrogen-bond donors (Lipinski definition) is 4. The van der Waals surface area contributed by atoms with Crippen molar-refractivity contribution in [2.75, 3.05) is 42.3 Å². The number of rotatable bonds is 10. The van der Waals surface area contributed by atoms with Crippen LogP contribution >= 0.6 is 0 Å². The van der Waals surface area contributed by atoms with Gasteiger partial charge in [-0.1, -0.05) is 24.3 Å². The molecular formula is C27H30FN7O2S. The van der Waals surface area contributed by atoms with Crippen molar-refractivity contribution in [3.8, 4) is 0 Å². The van der Waals surface area contributed by atoms with Gasteiger partial charge < -0.3 is 16.0 Å². The maximum atomic E-state index is 13.6. The van der Waals surface area contributed by atoms with Crippen LogP contribution in [0.1, 0.15) is 16.7 Å². The fourth-order valence-electron chi connectivity index (χ4n) is 4.55. The highest BCUT2D eigenvalue weighted by molar-refractivity contribution is 7.90. The van der Waals surface area contributed by atoms with Crippen molar-refractivity contribution in [1.82, 2.24) is 15.1 Å². The minimum Gasteiger partial charge on any atom is -0.384 e. The van der Waals surface area contributed by atoms with Gasteiger partial charge in [-0.05, 0) is 47.5 Å². The Hall–Kier alpha value is -3.80. The zero-order valence-electron chi connectivity index (χ0n) is 21.0. The molecule has 198 valence electrons. The van der Waals surface area contributed by atoms with Gasteiger partial charge in [0.25, 0.3) is 0 Å². The lowest BCUT2D eigenvalue weighted by Gasteiger charge is -2.32. The Balaban J connectivity index is 1.30. The lowest BCUT2D eigenvalue weighted by Crippen LogP contribution is -2.39. The second-order valence-electron chi connectivity index (χ2n) is 9.44. The molecule has 9 nitrogen and oxygen atoms in total. The summed E-state index contributed by atoms with van der Waals surface area (Å²) in [7, 11) is -2.97. The van der Waals surface area contributed by atoms with Crippen molar-refractivity contribution < 1.29 is 12.8 Å². The van der Waals surface area contributed by atoms with Crippen molar-refractivity contribution in [2.45, 2.75) is 12.2 Å².